The molecule has 0 aliphatic heterocycles. The van der Waals surface area contributed by atoms with Gasteiger partial charge in [0.25, 0.3) is 0 Å². The molecule has 0 N–H and O–H groups in total. The number of nitriles is 1. The molecule has 0 aliphatic rings. The Labute approximate surface area is 98.6 Å². The quantitative estimate of drug-likeness (QED) is 0.797. The highest BCUT2D eigenvalue weighted by molar-refractivity contribution is 7.10. The van der Waals surface area contributed by atoms with Crippen molar-refractivity contribution in [3.63, 3.8) is 0 Å². The first-order chi connectivity index (χ1) is 7.17. The number of hydrogen-bond donors (Lipinski definition) is 0. The molecular weight excluding hydrogens is 232 g/mol. The summed E-state index contributed by atoms with van der Waals surface area (Å²) in [4.78, 5) is 2.14. The smallest absolute Gasteiger partial charge is 0.138 e. The van der Waals surface area contributed by atoms with Gasteiger partial charge in [0.05, 0.1) is 12.0 Å². The van der Waals surface area contributed by atoms with Gasteiger partial charge in [-0.05, 0) is 13.5 Å². The van der Waals surface area contributed by atoms with Crippen molar-refractivity contribution in [1.82, 2.24) is 14.5 Å². The largest absolute Gasteiger partial charge is 0.296 e. The topological polar surface area (TPSA) is 52.8 Å². The highest BCUT2D eigenvalue weighted by Crippen LogP contribution is 2.19. The summed E-state index contributed by atoms with van der Waals surface area (Å²) >= 11 is 7.11. The van der Waals surface area contributed by atoms with Crippen molar-refractivity contribution in [1.29, 1.82) is 5.26 Å². The minimum Gasteiger partial charge on any atom is -0.296 e. The van der Waals surface area contributed by atoms with E-state index in [1.165, 1.54) is 11.5 Å². The molecule has 6 heteroatoms. The van der Waals surface area contributed by atoms with Crippen LogP contribution in [0.4, 0.5) is 0 Å². The van der Waals surface area contributed by atoms with Gasteiger partial charge in [0.15, 0.2) is 0 Å². The third-order valence-corrected chi connectivity index (χ3v) is 3.07. The van der Waals surface area contributed by atoms with Crippen molar-refractivity contribution >= 4 is 23.1 Å². The fraction of sp³-hybridized carbons (Fsp3) is 0.667. The zero-order valence-electron chi connectivity index (χ0n) is 8.77. The molecule has 1 unspecified atom stereocenters. The summed E-state index contributed by atoms with van der Waals surface area (Å²) in [6.07, 6.45) is 0. The van der Waals surface area contributed by atoms with Gasteiger partial charge in [-0.1, -0.05) is 23.0 Å². The molecule has 0 saturated carbocycles. The van der Waals surface area contributed by atoms with Crippen LogP contribution in [-0.4, -0.2) is 27.6 Å². The van der Waals surface area contributed by atoms with Crippen LogP contribution in [0.25, 0.3) is 0 Å². The van der Waals surface area contributed by atoms with Gasteiger partial charge in [0, 0.05) is 24.6 Å². The fourth-order valence-electron chi connectivity index (χ4n) is 1.24. The molecule has 0 aromatic carbocycles. The number of nitrogens with zero attached hydrogens (tertiary/aromatic N) is 4. The molecule has 1 aromatic rings. The second-order valence-electron chi connectivity index (χ2n) is 3.35. The Kier molecular flexibility index (Phi) is 4.95. The van der Waals surface area contributed by atoms with Crippen LogP contribution in [0.5, 0.6) is 0 Å². The molecule has 0 spiro atoms. The summed E-state index contributed by atoms with van der Waals surface area (Å²) in [6.45, 7) is 6.24. The summed E-state index contributed by atoms with van der Waals surface area (Å²) in [6, 6.07) is 2.22. The Morgan fingerprint density at radius 2 is 2.40 bits per heavy atom. The first-order valence-corrected chi connectivity index (χ1v) is 5.91. The number of hydrogen-bond acceptors (Lipinski definition) is 5. The average Bonchev–Trinajstić information content (AvgIpc) is 2.63. The molecule has 1 rings (SSSR count). The van der Waals surface area contributed by atoms with E-state index in [1.54, 1.807) is 0 Å². The number of halogens is 1. The van der Waals surface area contributed by atoms with Crippen LogP contribution in [-0.2, 0) is 6.54 Å². The Morgan fingerprint density at radius 1 is 1.67 bits per heavy atom. The average molecular weight is 245 g/mol. The zero-order valence-corrected chi connectivity index (χ0v) is 10.3. The maximum absolute atomic E-state index is 8.73. The van der Waals surface area contributed by atoms with E-state index >= 15 is 0 Å². The molecule has 0 radical (unpaired) electrons. The molecule has 1 atom stereocenters. The SMILES string of the molecule is CCN(Cc1nnsc1Cl)CC(C)C#N. The van der Waals surface area contributed by atoms with Crippen molar-refractivity contribution in [3.05, 3.63) is 10.0 Å². The Hall–Kier alpha value is -0.700. The third-order valence-electron chi connectivity index (χ3n) is 2.08. The first-order valence-electron chi connectivity index (χ1n) is 4.76. The van der Waals surface area contributed by atoms with Crippen LogP contribution in [0.3, 0.4) is 0 Å². The first kappa shape index (κ1) is 12.4. The van der Waals surface area contributed by atoms with Crippen LogP contribution < -0.4 is 0 Å². The van der Waals surface area contributed by atoms with E-state index in [2.05, 4.69) is 27.5 Å². The summed E-state index contributed by atoms with van der Waals surface area (Å²) in [5, 5.41) is 12.7. The molecule has 1 aromatic heterocycles. The molecule has 0 saturated heterocycles. The lowest BCUT2D eigenvalue weighted by molar-refractivity contribution is 0.257. The summed E-state index contributed by atoms with van der Waals surface area (Å²) < 4.78 is 4.41. The highest BCUT2D eigenvalue weighted by Gasteiger charge is 2.12. The van der Waals surface area contributed by atoms with Crippen LogP contribution in [0.15, 0.2) is 0 Å². The summed E-state index contributed by atoms with van der Waals surface area (Å²) in [5.74, 6) is 0.0234. The van der Waals surface area contributed by atoms with Gasteiger partial charge in [-0.15, -0.1) is 5.10 Å². The number of aromatic nitrogens is 2. The zero-order chi connectivity index (χ0) is 11.3. The molecule has 0 amide bonds. The van der Waals surface area contributed by atoms with Crippen LogP contribution >= 0.6 is 23.1 Å². The molecule has 0 fully saturated rings. The van der Waals surface area contributed by atoms with Gasteiger partial charge >= 0.3 is 0 Å². The van der Waals surface area contributed by atoms with Gasteiger partial charge in [-0.25, -0.2) is 0 Å². The second kappa shape index (κ2) is 6.01. The Balaban J connectivity index is 2.55. The third kappa shape index (κ3) is 3.74. The van der Waals surface area contributed by atoms with Crippen LogP contribution in [0, 0.1) is 17.2 Å². The van der Waals surface area contributed by atoms with Gasteiger partial charge in [0.2, 0.25) is 0 Å². The van der Waals surface area contributed by atoms with E-state index in [4.69, 9.17) is 16.9 Å². The van der Waals surface area contributed by atoms with Crippen molar-refractivity contribution < 1.29 is 0 Å². The summed E-state index contributed by atoms with van der Waals surface area (Å²) in [7, 11) is 0. The predicted molar refractivity (Wildman–Crippen MR) is 60.6 cm³/mol. The molecule has 0 aliphatic carbocycles. The van der Waals surface area contributed by atoms with E-state index in [0.29, 0.717) is 10.9 Å². The minimum absolute atomic E-state index is 0.0234. The van der Waals surface area contributed by atoms with Gasteiger partial charge in [-0.3, -0.25) is 4.90 Å². The molecule has 82 valence electrons. The lowest BCUT2D eigenvalue weighted by atomic mass is 10.2. The molecule has 0 bridgehead atoms. The van der Waals surface area contributed by atoms with Gasteiger partial charge < -0.3 is 0 Å². The van der Waals surface area contributed by atoms with Crippen molar-refractivity contribution in [2.24, 2.45) is 5.92 Å². The Morgan fingerprint density at radius 3 is 2.87 bits per heavy atom. The van der Waals surface area contributed by atoms with E-state index in [9.17, 15) is 0 Å². The fourth-order valence-corrected chi connectivity index (χ4v) is 1.85. The van der Waals surface area contributed by atoms with Gasteiger partial charge in [0.1, 0.15) is 10.0 Å². The molecular formula is C9H13ClN4S. The monoisotopic (exact) mass is 244 g/mol. The van der Waals surface area contributed by atoms with E-state index < -0.39 is 0 Å². The molecule has 1 heterocycles. The van der Waals surface area contributed by atoms with Crippen LogP contribution in [0.2, 0.25) is 4.34 Å². The van der Waals surface area contributed by atoms with Crippen molar-refractivity contribution in [3.8, 4) is 6.07 Å². The van der Waals surface area contributed by atoms with E-state index in [0.717, 1.165) is 18.8 Å². The standard InChI is InChI=1S/C9H13ClN4S/c1-3-14(5-7(2)4-11)6-8-9(10)15-13-12-8/h7H,3,5-6H2,1-2H3. The molecule has 4 nitrogen and oxygen atoms in total. The lowest BCUT2D eigenvalue weighted by Gasteiger charge is -2.20. The maximum atomic E-state index is 8.73. The van der Waals surface area contributed by atoms with Crippen LogP contribution in [0.1, 0.15) is 19.5 Å². The molecule has 15 heavy (non-hydrogen) atoms. The summed E-state index contributed by atoms with van der Waals surface area (Å²) in [5.41, 5.74) is 0.800. The highest BCUT2D eigenvalue weighted by atomic mass is 35.5. The second-order valence-corrected chi connectivity index (χ2v) is 4.71. The van der Waals surface area contributed by atoms with E-state index in [1.807, 2.05) is 6.92 Å². The predicted octanol–water partition coefficient (Wildman–Crippen LogP) is 2.17. The van der Waals surface area contributed by atoms with Gasteiger partial charge in [-0.2, -0.15) is 5.26 Å². The lowest BCUT2D eigenvalue weighted by Crippen LogP contribution is -2.27. The minimum atomic E-state index is 0.0234. The number of rotatable bonds is 5. The maximum Gasteiger partial charge on any atom is 0.138 e. The van der Waals surface area contributed by atoms with Crippen molar-refractivity contribution in [2.45, 2.75) is 20.4 Å². The normalized spacial score (nSPS) is 12.7. The van der Waals surface area contributed by atoms with Crippen molar-refractivity contribution in [2.75, 3.05) is 13.1 Å². The van der Waals surface area contributed by atoms with E-state index in [-0.39, 0.29) is 5.92 Å². The Bertz CT molecular complexity index is 346.